The van der Waals surface area contributed by atoms with Gasteiger partial charge < -0.3 is 9.88 Å². The smallest absolute Gasteiger partial charge is 0.323 e. The molecule has 0 aliphatic rings. The Morgan fingerprint density at radius 2 is 1.74 bits per heavy atom. The topological polar surface area (TPSA) is 73.8 Å². The van der Waals surface area contributed by atoms with E-state index in [9.17, 15) is 9.59 Å². The van der Waals surface area contributed by atoms with Crippen LogP contribution in [0.2, 0.25) is 0 Å². The van der Waals surface area contributed by atoms with Crippen LogP contribution in [0, 0.1) is 0 Å². The van der Waals surface area contributed by atoms with Gasteiger partial charge in [0.15, 0.2) is 11.2 Å². The molecule has 0 bridgehead atoms. The summed E-state index contributed by atoms with van der Waals surface area (Å²) in [5.41, 5.74) is 1.65. The number of imidazole rings is 1. The lowest BCUT2D eigenvalue weighted by atomic mass is 10.1. The summed E-state index contributed by atoms with van der Waals surface area (Å²) >= 11 is 0. The van der Waals surface area contributed by atoms with E-state index in [0.717, 1.165) is 30.5 Å². The molecule has 0 aliphatic heterocycles. The van der Waals surface area contributed by atoms with E-state index in [4.69, 9.17) is 0 Å². The van der Waals surface area contributed by atoms with Crippen LogP contribution in [0.15, 0.2) is 46.2 Å². The largest absolute Gasteiger partial charge is 0.332 e. The van der Waals surface area contributed by atoms with Crippen molar-refractivity contribution >= 4 is 11.2 Å². The molecular formula is C20H27N5O2. The first-order valence-corrected chi connectivity index (χ1v) is 9.45. The molecule has 0 fully saturated rings. The average Bonchev–Trinajstić information content (AvgIpc) is 3.11. The molecule has 2 heterocycles. The van der Waals surface area contributed by atoms with Gasteiger partial charge >= 0.3 is 5.69 Å². The number of hydrogen-bond donors (Lipinski definition) is 1. The third kappa shape index (κ3) is 4.36. The fourth-order valence-corrected chi connectivity index (χ4v) is 3.29. The Morgan fingerprint density at radius 3 is 2.52 bits per heavy atom. The summed E-state index contributed by atoms with van der Waals surface area (Å²) in [6.07, 6.45) is 6.28. The van der Waals surface area contributed by atoms with Crippen molar-refractivity contribution in [2.24, 2.45) is 14.1 Å². The van der Waals surface area contributed by atoms with Crippen molar-refractivity contribution in [2.75, 3.05) is 13.1 Å². The maximum absolute atomic E-state index is 12.4. The Hall–Kier alpha value is -2.67. The lowest BCUT2D eigenvalue weighted by Crippen LogP contribution is -2.37. The fourth-order valence-electron chi connectivity index (χ4n) is 3.29. The highest BCUT2D eigenvalue weighted by Gasteiger charge is 2.13. The number of nitrogens with zero attached hydrogens (tertiary/aromatic N) is 4. The van der Waals surface area contributed by atoms with Crippen molar-refractivity contribution in [3.63, 3.8) is 0 Å². The number of rotatable bonds is 9. The third-order valence-corrected chi connectivity index (χ3v) is 4.91. The SMILES string of the molecule is Cn1c(=O)c2c(ncn2CCNCCCCCc2ccccc2)n(C)c1=O. The zero-order valence-corrected chi connectivity index (χ0v) is 16.0. The summed E-state index contributed by atoms with van der Waals surface area (Å²) in [6, 6.07) is 10.6. The summed E-state index contributed by atoms with van der Waals surface area (Å²) in [4.78, 5) is 28.6. The van der Waals surface area contributed by atoms with Crippen LogP contribution < -0.4 is 16.6 Å². The van der Waals surface area contributed by atoms with Crippen molar-refractivity contribution in [3.8, 4) is 0 Å². The number of benzene rings is 1. The first kappa shape index (κ1) is 19.1. The monoisotopic (exact) mass is 369 g/mol. The second kappa shape index (κ2) is 8.81. The Kier molecular flexibility index (Phi) is 6.24. The van der Waals surface area contributed by atoms with E-state index in [1.807, 2.05) is 10.6 Å². The van der Waals surface area contributed by atoms with Crippen LogP contribution in [0.25, 0.3) is 11.2 Å². The molecule has 1 N–H and O–H groups in total. The van der Waals surface area contributed by atoms with E-state index < -0.39 is 0 Å². The van der Waals surface area contributed by atoms with Crippen molar-refractivity contribution in [3.05, 3.63) is 63.1 Å². The molecule has 7 nitrogen and oxygen atoms in total. The van der Waals surface area contributed by atoms with Crippen LogP contribution in [0.1, 0.15) is 24.8 Å². The van der Waals surface area contributed by atoms with Crippen LogP contribution in [0.4, 0.5) is 0 Å². The van der Waals surface area contributed by atoms with Gasteiger partial charge in [-0.3, -0.25) is 13.9 Å². The number of aryl methyl sites for hydroxylation is 2. The lowest BCUT2D eigenvalue weighted by molar-refractivity contribution is 0.567. The third-order valence-electron chi connectivity index (χ3n) is 4.91. The van der Waals surface area contributed by atoms with Gasteiger partial charge in [0.1, 0.15) is 0 Å². The molecule has 2 aromatic heterocycles. The predicted molar refractivity (Wildman–Crippen MR) is 107 cm³/mol. The van der Waals surface area contributed by atoms with Crippen LogP contribution in [-0.2, 0) is 27.1 Å². The lowest BCUT2D eigenvalue weighted by Gasteiger charge is -2.08. The maximum Gasteiger partial charge on any atom is 0.332 e. The minimum atomic E-state index is -0.355. The van der Waals surface area contributed by atoms with Gasteiger partial charge in [0.25, 0.3) is 5.56 Å². The molecule has 0 spiro atoms. The van der Waals surface area contributed by atoms with Gasteiger partial charge in [-0.25, -0.2) is 9.78 Å². The van der Waals surface area contributed by atoms with Gasteiger partial charge in [-0.1, -0.05) is 36.8 Å². The molecule has 3 rings (SSSR count). The first-order chi connectivity index (χ1) is 13.1. The first-order valence-electron chi connectivity index (χ1n) is 9.45. The molecule has 27 heavy (non-hydrogen) atoms. The van der Waals surface area contributed by atoms with Gasteiger partial charge in [0, 0.05) is 27.2 Å². The summed E-state index contributed by atoms with van der Waals surface area (Å²) in [5.74, 6) is 0. The Morgan fingerprint density at radius 1 is 0.963 bits per heavy atom. The molecule has 0 atom stereocenters. The molecular weight excluding hydrogens is 342 g/mol. The predicted octanol–water partition coefficient (Wildman–Crippen LogP) is 1.44. The molecule has 0 amide bonds. The summed E-state index contributed by atoms with van der Waals surface area (Å²) < 4.78 is 4.35. The van der Waals surface area contributed by atoms with E-state index in [1.54, 1.807) is 13.4 Å². The number of unbranched alkanes of at least 4 members (excludes halogenated alkanes) is 2. The Balaban J connectivity index is 1.43. The van der Waals surface area contributed by atoms with E-state index in [2.05, 4.69) is 34.6 Å². The maximum atomic E-state index is 12.4. The van der Waals surface area contributed by atoms with E-state index in [-0.39, 0.29) is 11.2 Å². The van der Waals surface area contributed by atoms with E-state index in [0.29, 0.717) is 17.7 Å². The second-order valence-electron chi connectivity index (χ2n) is 6.86. The molecule has 144 valence electrons. The average molecular weight is 369 g/mol. The highest BCUT2D eigenvalue weighted by molar-refractivity contribution is 5.69. The van der Waals surface area contributed by atoms with Crippen LogP contribution in [0.5, 0.6) is 0 Å². The summed E-state index contributed by atoms with van der Waals surface area (Å²) in [5, 5.41) is 3.42. The van der Waals surface area contributed by atoms with Crippen molar-refractivity contribution in [1.29, 1.82) is 0 Å². The quantitative estimate of drug-likeness (QED) is 0.579. The van der Waals surface area contributed by atoms with E-state index in [1.165, 1.54) is 30.0 Å². The molecule has 0 unspecified atom stereocenters. The van der Waals surface area contributed by atoms with Crippen molar-refractivity contribution < 1.29 is 0 Å². The number of aromatic nitrogens is 4. The van der Waals surface area contributed by atoms with Gasteiger partial charge in [-0.15, -0.1) is 0 Å². The van der Waals surface area contributed by atoms with Crippen LogP contribution in [0.3, 0.4) is 0 Å². The number of hydrogen-bond acceptors (Lipinski definition) is 4. The molecule has 0 saturated heterocycles. The van der Waals surface area contributed by atoms with E-state index >= 15 is 0 Å². The molecule has 0 saturated carbocycles. The fraction of sp³-hybridized carbons (Fsp3) is 0.450. The molecule has 7 heteroatoms. The van der Waals surface area contributed by atoms with Gasteiger partial charge in [-0.2, -0.15) is 0 Å². The minimum Gasteiger partial charge on any atom is -0.323 e. The highest BCUT2D eigenvalue weighted by atomic mass is 16.2. The normalized spacial score (nSPS) is 11.3. The Bertz CT molecular complexity index is 1000. The van der Waals surface area contributed by atoms with Gasteiger partial charge in [0.05, 0.1) is 6.33 Å². The van der Waals surface area contributed by atoms with Crippen molar-refractivity contribution in [1.82, 2.24) is 24.0 Å². The highest BCUT2D eigenvalue weighted by Crippen LogP contribution is 2.06. The molecule has 0 radical (unpaired) electrons. The summed E-state index contributed by atoms with van der Waals surface area (Å²) in [6.45, 7) is 2.36. The second-order valence-corrected chi connectivity index (χ2v) is 6.86. The van der Waals surface area contributed by atoms with Crippen LogP contribution >= 0.6 is 0 Å². The van der Waals surface area contributed by atoms with Crippen molar-refractivity contribution in [2.45, 2.75) is 32.2 Å². The zero-order valence-electron chi connectivity index (χ0n) is 16.0. The minimum absolute atomic E-state index is 0.300. The number of fused-ring (bicyclic) bond motifs is 1. The zero-order chi connectivity index (χ0) is 19.2. The Labute approximate surface area is 158 Å². The van der Waals surface area contributed by atoms with Gasteiger partial charge in [0.2, 0.25) is 0 Å². The molecule has 1 aromatic carbocycles. The number of nitrogens with one attached hydrogen (secondary N) is 1. The van der Waals surface area contributed by atoms with Crippen LogP contribution in [-0.4, -0.2) is 31.8 Å². The molecule has 0 aliphatic carbocycles. The standard InChI is InChI=1S/C20H27N5O2/c1-23-18-17(19(26)24(2)20(23)27)25(15-22-18)14-13-21-12-8-4-7-11-16-9-5-3-6-10-16/h3,5-6,9-10,15,21H,4,7-8,11-14H2,1-2H3. The summed E-state index contributed by atoms with van der Waals surface area (Å²) in [7, 11) is 3.13. The molecule has 3 aromatic rings. The van der Waals surface area contributed by atoms with Gasteiger partial charge in [-0.05, 0) is 31.4 Å².